The Morgan fingerprint density at radius 1 is 0.938 bits per heavy atom. The topological polar surface area (TPSA) is 133 Å². The quantitative estimate of drug-likeness (QED) is 0.365. The predicted molar refractivity (Wildman–Crippen MR) is 122 cm³/mol. The number of nitrogens with one attached hydrogen (secondary N) is 2. The van der Waals surface area contributed by atoms with Crippen LogP contribution in [0.2, 0.25) is 0 Å². The monoisotopic (exact) mass is 433 g/mol. The number of nitrogens with zero attached hydrogens (tertiary/aromatic N) is 2. The van der Waals surface area contributed by atoms with E-state index in [-0.39, 0.29) is 5.57 Å². The second kappa shape index (κ2) is 7.99. The fourth-order valence-electron chi connectivity index (χ4n) is 4.09. The molecule has 6 N–H and O–H groups in total. The van der Waals surface area contributed by atoms with Crippen molar-refractivity contribution in [3.8, 4) is 0 Å². The minimum atomic E-state index is -1.48. The number of aliphatic hydroxyl groups excluding tert-OH is 4. The van der Waals surface area contributed by atoms with Crippen molar-refractivity contribution in [1.82, 2.24) is 10.3 Å². The molecule has 0 saturated carbocycles. The molecule has 8 heteroatoms. The second-order valence-corrected chi connectivity index (χ2v) is 8.00. The highest BCUT2D eigenvalue weighted by Gasteiger charge is 2.44. The molecule has 0 amide bonds. The summed E-state index contributed by atoms with van der Waals surface area (Å²) in [7, 11) is 0. The molecule has 0 fully saturated rings. The lowest BCUT2D eigenvalue weighted by Gasteiger charge is -2.32. The molecule has 5 heterocycles. The average molecular weight is 433 g/mol. The number of aromatic amines is 1. The molecular weight excluding hydrogens is 408 g/mol. The van der Waals surface area contributed by atoms with E-state index in [0.29, 0.717) is 28.5 Å². The minimum absolute atomic E-state index is 0.200. The molecule has 0 aliphatic carbocycles. The lowest BCUT2D eigenvalue weighted by Crippen LogP contribution is -2.51. The normalized spacial score (nSPS) is 33.5. The smallest absolute Gasteiger partial charge is 0.104 e. The van der Waals surface area contributed by atoms with Gasteiger partial charge in [-0.1, -0.05) is 0 Å². The van der Waals surface area contributed by atoms with Gasteiger partial charge in [0.15, 0.2) is 0 Å². The van der Waals surface area contributed by atoms with Crippen LogP contribution in [-0.4, -0.2) is 67.8 Å². The number of H-pyrrole nitrogens is 1. The van der Waals surface area contributed by atoms with Crippen molar-refractivity contribution in [2.45, 2.75) is 24.1 Å². The van der Waals surface area contributed by atoms with Gasteiger partial charge in [0.2, 0.25) is 0 Å². The molecule has 164 valence electrons. The fraction of sp³-hybridized carbons (Fsp3) is 0.250. The summed E-state index contributed by atoms with van der Waals surface area (Å²) in [6, 6.07) is 3.88. The molecule has 32 heavy (non-hydrogen) atoms. The van der Waals surface area contributed by atoms with Gasteiger partial charge in [-0.15, -0.1) is 0 Å². The van der Waals surface area contributed by atoms with Gasteiger partial charge in [0.25, 0.3) is 0 Å². The molecule has 0 saturated heterocycles. The Kier molecular flexibility index (Phi) is 4.84. The summed E-state index contributed by atoms with van der Waals surface area (Å²) in [4.78, 5) is 12.5. The van der Waals surface area contributed by atoms with Crippen molar-refractivity contribution < 1.29 is 21.8 Å². The second-order valence-electron chi connectivity index (χ2n) is 8.00. The molecule has 4 aliphatic rings. The summed E-state index contributed by atoms with van der Waals surface area (Å²) in [6.45, 7) is -1.21. The summed E-state index contributed by atoms with van der Waals surface area (Å²) >= 11 is 0. The summed E-state index contributed by atoms with van der Waals surface area (Å²) in [6.07, 6.45) is 10.3. The van der Waals surface area contributed by atoms with E-state index in [1.54, 1.807) is 24.3 Å². The number of hydrogen-bond donors (Lipinski definition) is 6. The van der Waals surface area contributed by atoms with E-state index in [9.17, 15) is 20.4 Å². The molecule has 0 aromatic carbocycles. The minimum Gasteiger partial charge on any atom is -0.394 e. The van der Waals surface area contributed by atoms with E-state index in [0.717, 1.165) is 10.7 Å². The summed E-state index contributed by atoms with van der Waals surface area (Å²) in [5.41, 5.74) is 1.54. The van der Waals surface area contributed by atoms with Crippen molar-refractivity contribution in [2.24, 2.45) is 9.98 Å². The molecule has 4 aliphatic heterocycles. The van der Waals surface area contributed by atoms with E-state index >= 15 is 0 Å². The Morgan fingerprint density at radius 2 is 1.59 bits per heavy atom. The van der Waals surface area contributed by atoms with E-state index < -0.39 is 37.4 Å². The van der Waals surface area contributed by atoms with Gasteiger partial charge in [-0.2, -0.15) is 0 Å². The van der Waals surface area contributed by atoms with E-state index in [1.165, 1.54) is 0 Å². The summed E-state index contributed by atoms with van der Waals surface area (Å²) in [5, 5.41) is 45.7. The largest absolute Gasteiger partial charge is 0.394 e. The third kappa shape index (κ3) is 3.74. The number of aliphatic imine (C=N–C) groups is 2. The molecule has 5 rings (SSSR count). The van der Waals surface area contributed by atoms with Crippen molar-refractivity contribution in [3.05, 3.63) is 82.0 Å². The summed E-state index contributed by atoms with van der Waals surface area (Å²) in [5.74, 6) is 0. The van der Waals surface area contributed by atoms with Crippen LogP contribution in [-0.2, 0) is 0 Å². The van der Waals surface area contributed by atoms with Crippen LogP contribution in [0.4, 0.5) is 0 Å². The van der Waals surface area contributed by atoms with Gasteiger partial charge in [-0.3, -0.25) is 0 Å². The highest BCUT2D eigenvalue weighted by atomic mass is 16.3. The van der Waals surface area contributed by atoms with Crippen molar-refractivity contribution in [2.75, 3.05) is 13.2 Å². The zero-order chi connectivity index (χ0) is 23.2. The molecule has 8 nitrogen and oxygen atoms in total. The summed E-state index contributed by atoms with van der Waals surface area (Å²) < 4.78 is 8.91. The van der Waals surface area contributed by atoms with E-state index in [1.807, 2.05) is 36.4 Å². The molecule has 1 aromatic rings. The fourth-order valence-corrected chi connectivity index (χ4v) is 4.09. The Bertz CT molecular complexity index is 1330. The van der Waals surface area contributed by atoms with Gasteiger partial charge in [0.05, 0.1) is 41.6 Å². The first-order valence-corrected chi connectivity index (χ1v) is 10.3. The number of fused-ring (bicyclic) bond motifs is 6. The number of rotatable bonds is 4. The third-order valence-corrected chi connectivity index (χ3v) is 5.70. The van der Waals surface area contributed by atoms with E-state index in [4.69, 9.17) is 1.37 Å². The first kappa shape index (κ1) is 19.4. The van der Waals surface area contributed by atoms with Crippen LogP contribution in [0.15, 0.2) is 81.2 Å². The molecule has 0 radical (unpaired) electrons. The van der Waals surface area contributed by atoms with Crippen LogP contribution >= 0.6 is 0 Å². The van der Waals surface area contributed by atoms with Crippen LogP contribution in [0.3, 0.4) is 0 Å². The van der Waals surface area contributed by atoms with Gasteiger partial charge in [0, 0.05) is 24.2 Å². The zero-order valence-electron chi connectivity index (χ0n) is 18.1. The molecule has 0 spiro atoms. The first-order valence-electron chi connectivity index (χ1n) is 10.9. The van der Waals surface area contributed by atoms with Crippen LogP contribution in [0, 0.1) is 0 Å². The highest BCUT2D eigenvalue weighted by Crippen LogP contribution is 2.36. The lowest BCUT2D eigenvalue weighted by atomic mass is 9.86. The number of aliphatic hydroxyl groups is 4. The zero-order valence-corrected chi connectivity index (χ0v) is 17.1. The van der Waals surface area contributed by atoms with Gasteiger partial charge in [0.1, 0.15) is 12.2 Å². The maximum Gasteiger partial charge on any atom is 0.104 e. The van der Waals surface area contributed by atoms with Crippen LogP contribution in [0.5, 0.6) is 0 Å². The van der Waals surface area contributed by atoms with Gasteiger partial charge >= 0.3 is 0 Å². The van der Waals surface area contributed by atoms with Crippen molar-refractivity contribution in [3.63, 3.8) is 0 Å². The Hall–Kier alpha value is -3.30. The SMILES string of the molecule is [2H]C1C(C(O)CO)=C2/C=C3/C=CC(=N3)/C=c3/cc/c([nH]3)=C/C3=NC(=C\C1(C(O)CO)N2)/C=C3. The maximum atomic E-state index is 10.8. The van der Waals surface area contributed by atoms with Crippen LogP contribution in [0.1, 0.15) is 7.77 Å². The standard InChI is InChI=1S/C24H24N4O4/c29-12-22(31)20-11-24(23(32)13-30)10-19-6-5-17(27-19)8-15-2-1-14(25-15)7-16-3-4-18(26-16)9-21(20)28-24/h1-10,22-23,25,28-32H,11-13H2/b14-7-,15-8-,18-9-,19-10-/i11D. The van der Waals surface area contributed by atoms with Gasteiger partial charge < -0.3 is 30.7 Å². The number of aromatic nitrogens is 1. The van der Waals surface area contributed by atoms with Gasteiger partial charge in [-0.25, -0.2) is 9.98 Å². The molecular formula is C24H24N4O4. The molecule has 4 atom stereocenters. The third-order valence-electron chi connectivity index (χ3n) is 5.70. The predicted octanol–water partition coefficient (Wildman–Crippen LogP) is -0.929. The lowest BCUT2D eigenvalue weighted by molar-refractivity contribution is 0.0393. The molecule has 4 unspecified atom stereocenters. The van der Waals surface area contributed by atoms with Crippen LogP contribution < -0.4 is 16.0 Å². The van der Waals surface area contributed by atoms with Crippen LogP contribution in [0.25, 0.3) is 12.2 Å². The Labute approximate surface area is 185 Å². The van der Waals surface area contributed by atoms with Gasteiger partial charge in [-0.05, 0) is 66.3 Å². The number of hydrogen-bond acceptors (Lipinski definition) is 7. The van der Waals surface area contributed by atoms with Crippen molar-refractivity contribution in [1.29, 1.82) is 0 Å². The Balaban J connectivity index is 1.75. The van der Waals surface area contributed by atoms with Crippen molar-refractivity contribution >= 4 is 23.6 Å². The maximum absolute atomic E-state index is 10.8. The van der Waals surface area contributed by atoms with E-state index in [2.05, 4.69) is 20.3 Å². The first-order chi connectivity index (χ1) is 15.9. The average Bonchev–Trinajstić information content (AvgIpc) is 3.58. The highest BCUT2D eigenvalue weighted by molar-refractivity contribution is 6.20. The molecule has 8 bridgehead atoms. The Morgan fingerprint density at radius 3 is 2.25 bits per heavy atom. The molecule has 1 aromatic heterocycles. The number of allylic oxidation sites excluding steroid dienone is 5.